The maximum atomic E-state index is 14.1. The van der Waals surface area contributed by atoms with E-state index in [0.717, 1.165) is 11.6 Å². The van der Waals surface area contributed by atoms with Crippen LogP contribution in [0.3, 0.4) is 0 Å². The molecule has 1 saturated carbocycles. The van der Waals surface area contributed by atoms with E-state index in [0.29, 0.717) is 25.7 Å². The van der Waals surface area contributed by atoms with Crippen LogP contribution in [0, 0.1) is 11.8 Å². The first-order chi connectivity index (χ1) is 17.8. The summed E-state index contributed by atoms with van der Waals surface area (Å²) in [7, 11) is -0.0250. The second-order valence-electron chi connectivity index (χ2n) is 9.11. The number of ether oxygens (including phenoxy) is 1. The molecule has 8 heteroatoms. The van der Waals surface area contributed by atoms with Crippen LogP contribution < -0.4 is 0 Å². The van der Waals surface area contributed by atoms with E-state index in [9.17, 15) is 23.2 Å². The summed E-state index contributed by atoms with van der Waals surface area (Å²) in [6.07, 6.45) is 8.11. The minimum Gasteiger partial charge on any atom is -0.461 e. The SMILES string of the molecule is C=CPO[C@@H]1CC(=O)[C@H](C/C=C\CCCC(=O)OCc2ccccc2)[C@H]1/C=C/C(=O)C(F)(F)CCCC. The van der Waals surface area contributed by atoms with Gasteiger partial charge in [-0.3, -0.25) is 14.4 Å². The quantitative estimate of drug-likeness (QED) is 0.0700. The molecule has 0 amide bonds. The first kappa shape index (κ1) is 30.7. The van der Waals surface area contributed by atoms with Gasteiger partial charge in [-0.1, -0.05) is 68.5 Å². The van der Waals surface area contributed by atoms with Gasteiger partial charge in [0.25, 0.3) is 0 Å². The number of hydrogen-bond donors (Lipinski definition) is 0. The number of carbonyl (C=O) groups is 3. The zero-order valence-electron chi connectivity index (χ0n) is 21.4. The molecule has 1 fully saturated rings. The van der Waals surface area contributed by atoms with Crippen molar-refractivity contribution in [2.24, 2.45) is 11.8 Å². The molecule has 0 bridgehead atoms. The molecule has 1 aliphatic carbocycles. The van der Waals surface area contributed by atoms with Gasteiger partial charge in [0.05, 0.1) is 6.10 Å². The molecule has 1 unspecified atom stereocenters. The number of carbonyl (C=O) groups excluding carboxylic acids is 3. The van der Waals surface area contributed by atoms with Crippen molar-refractivity contribution in [1.82, 2.24) is 0 Å². The minimum absolute atomic E-state index is 0.0205. The molecule has 0 N–H and O–H groups in total. The predicted molar refractivity (Wildman–Crippen MR) is 142 cm³/mol. The molecule has 5 nitrogen and oxygen atoms in total. The first-order valence-electron chi connectivity index (χ1n) is 12.8. The number of benzene rings is 1. The zero-order valence-corrected chi connectivity index (χ0v) is 22.4. The molecule has 1 aromatic carbocycles. The highest BCUT2D eigenvalue weighted by Crippen LogP contribution is 2.38. The van der Waals surface area contributed by atoms with Crippen LogP contribution in [0.4, 0.5) is 8.78 Å². The maximum absolute atomic E-state index is 14.1. The van der Waals surface area contributed by atoms with Gasteiger partial charge in [0.15, 0.2) is 0 Å². The lowest BCUT2D eigenvalue weighted by atomic mass is 9.90. The number of unbranched alkanes of at least 4 members (excludes halogenated alkanes) is 2. The van der Waals surface area contributed by atoms with Gasteiger partial charge in [0.1, 0.15) is 12.4 Å². The Balaban J connectivity index is 1.87. The Labute approximate surface area is 220 Å². The van der Waals surface area contributed by atoms with E-state index in [2.05, 4.69) is 6.58 Å². The average Bonchev–Trinajstić information content (AvgIpc) is 3.19. The monoisotopic (exact) mass is 534 g/mol. The van der Waals surface area contributed by atoms with E-state index < -0.39 is 36.1 Å². The van der Waals surface area contributed by atoms with Crippen molar-refractivity contribution in [1.29, 1.82) is 0 Å². The van der Waals surface area contributed by atoms with Crippen LogP contribution in [-0.2, 0) is 30.3 Å². The van der Waals surface area contributed by atoms with Crippen LogP contribution >= 0.6 is 8.81 Å². The van der Waals surface area contributed by atoms with Gasteiger partial charge >= 0.3 is 11.9 Å². The molecule has 4 atom stereocenters. The topological polar surface area (TPSA) is 69.7 Å². The van der Waals surface area contributed by atoms with Gasteiger partial charge < -0.3 is 9.26 Å². The molecule has 0 aliphatic heterocycles. The summed E-state index contributed by atoms with van der Waals surface area (Å²) in [5.74, 6) is -4.27. The summed E-state index contributed by atoms with van der Waals surface area (Å²) >= 11 is 0. The second-order valence-corrected chi connectivity index (χ2v) is 9.99. The van der Waals surface area contributed by atoms with Crippen LogP contribution in [0.15, 0.2) is 67.0 Å². The van der Waals surface area contributed by atoms with E-state index in [1.165, 1.54) is 6.08 Å². The lowest BCUT2D eigenvalue weighted by Crippen LogP contribution is -2.27. The van der Waals surface area contributed by atoms with Gasteiger partial charge in [-0.25, -0.2) is 0 Å². The van der Waals surface area contributed by atoms with Crippen molar-refractivity contribution in [3.63, 3.8) is 0 Å². The molecular weight excluding hydrogens is 497 g/mol. The summed E-state index contributed by atoms with van der Waals surface area (Å²) in [5.41, 5.74) is 0.933. The molecule has 0 heterocycles. The number of rotatable bonds is 17. The average molecular weight is 535 g/mol. The third-order valence-corrected chi connectivity index (χ3v) is 6.84. The lowest BCUT2D eigenvalue weighted by molar-refractivity contribution is -0.145. The van der Waals surface area contributed by atoms with Crippen LogP contribution in [0.5, 0.6) is 0 Å². The third-order valence-electron chi connectivity index (χ3n) is 6.24. The van der Waals surface area contributed by atoms with Gasteiger partial charge in [-0.05, 0) is 43.1 Å². The lowest BCUT2D eigenvalue weighted by Gasteiger charge is -2.20. The highest BCUT2D eigenvalue weighted by atomic mass is 31.1. The minimum atomic E-state index is -3.41. The Bertz CT molecular complexity index is 945. The van der Waals surface area contributed by atoms with Crippen molar-refractivity contribution in [3.05, 3.63) is 72.6 Å². The van der Waals surface area contributed by atoms with Crippen molar-refractivity contribution >= 4 is 26.3 Å². The Kier molecular flexibility index (Phi) is 13.6. The van der Waals surface area contributed by atoms with E-state index in [4.69, 9.17) is 9.26 Å². The normalized spacial score (nSPS) is 20.4. The Hall–Kier alpha value is -2.50. The van der Waals surface area contributed by atoms with Crippen LogP contribution in [0.1, 0.15) is 63.9 Å². The highest BCUT2D eigenvalue weighted by Gasteiger charge is 2.42. The Morgan fingerprint density at radius 1 is 1.19 bits per heavy atom. The molecule has 1 aliphatic rings. The Morgan fingerprint density at radius 2 is 1.95 bits per heavy atom. The van der Waals surface area contributed by atoms with Gasteiger partial charge in [-0.2, -0.15) is 8.78 Å². The largest absolute Gasteiger partial charge is 0.461 e. The summed E-state index contributed by atoms with van der Waals surface area (Å²) in [5, 5.41) is 0. The molecule has 202 valence electrons. The molecule has 0 aromatic heterocycles. The van der Waals surface area contributed by atoms with E-state index in [1.54, 1.807) is 12.7 Å². The van der Waals surface area contributed by atoms with Crippen LogP contribution in [0.2, 0.25) is 0 Å². The van der Waals surface area contributed by atoms with Gasteiger partial charge in [-0.15, -0.1) is 0 Å². The number of ketones is 2. The van der Waals surface area contributed by atoms with E-state index in [-0.39, 0.29) is 46.4 Å². The molecule has 0 radical (unpaired) electrons. The summed E-state index contributed by atoms with van der Waals surface area (Å²) in [6.45, 7) is 5.66. The number of allylic oxidation sites excluding steroid dienone is 3. The molecule has 1 aromatic rings. The highest BCUT2D eigenvalue weighted by molar-refractivity contribution is 7.36. The smallest absolute Gasteiger partial charge is 0.309 e. The number of hydrogen-bond acceptors (Lipinski definition) is 5. The summed E-state index contributed by atoms with van der Waals surface area (Å²) in [4.78, 5) is 36.7. The Morgan fingerprint density at radius 3 is 2.65 bits per heavy atom. The molecule has 37 heavy (non-hydrogen) atoms. The van der Waals surface area contributed by atoms with Crippen molar-refractivity contribution in [2.75, 3.05) is 0 Å². The number of halogens is 2. The second kappa shape index (κ2) is 16.4. The first-order valence-corrected chi connectivity index (χ1v) is 13.8. The third kappa shape index (κ3) is 10.8. The van der Waals surface area contributed by atoms with Crippen LogP contribution in [0.25, 0.3) is 0 Å². The fourth-order valence-electron chi connectivity index (χ4n) is 4.14. The molecular formula is C29H37F2O5P. The van der Waals surface area contributed by atoms with E-state index in [1.807, 2.05) is 42.5 Å². The summed E-state index contributed by atoms with van der Waals surface area (Å²) in [6, 6.07) is 9.46. The van der Waals surface area contributed by atoms with Crippen molar-refractivity contribution < 1.29 is 32.4 Å². The molecule has 2 rings (SSSR count). The number of alkyl halides is 2. The number of esters is 1. The van der Waals surface area contributed by atoms with E-state index >= 15 is 0 Å². The fraction of sp³-hybridized carbons (Fsp3) is 0.483. The van der Waals surface area contributed by atoms with Crippen LogP contribution in [-0.4, -0.2) is 29.6 Å². The molecule has 0 saturated heterocycles. The standard InChI is InChI=1S/C29H37F2O5P/c1-3-5-19-29(30,31)27(33)18-17-24-23(25(32)20-26(24)36-37-4-2)15-11-6-7-12-16-28(34)35-21-22-13-9-8-10-14-22/h4,6,8-11,13-14,17-18,23-24,26,37H,2-3,5,7,12,15-16,19-21H2,1H3/b11-6-,18-17+/t23-,24-,26-/m1/s1. The zero-order chi connectivity index (χ0) is 27.1. The van der Waals surface area contributed by atoms with Gasteiger partial charge in [0.2, 0.25) is 5.78 Å². The predicted octanol–water partition coefficient (Wildman–Crippen LogP) is 7.12. The van der Waals surface area contributed by atoms with Crippen molar-refractivity contribution in [3.8, 4) is 0 Å². The molecule has 0 spiro atoms. The summed E-state index contributed by atoms with van der Waals surface area (Å²) < 4.78 is 39.2. The number of Topliss-reactive ketones (excluding diaryl/α,β-unsaturated/α-hetero) is 1. The fourth-order valence-corrected chi connectivity index (χ4v) is 4.65. The van der Waals surface area contributed by atoms with Gasteiger partial charge in [0, 0.05) is 39.9 Å². The maximum Gasteiger partial charge on any atom is 0.309 e. The van der Waals surface area contributed by atoms with Crippen molar-refractivity contribution in [2.45, 2.75) is 76.9 Å².